The lowest BCUT2D eigenvalue weighted by Gasteiger charge is -2.24. The Bertz CT molecular complexity index is 456. The molecule has 2 N–H and O–H groups in total. The van der Waals surface area contributed by atoms with Gasteiger partial charge in [0.05, 0.1) is 12.3 Å². The molecule has 0 aliphatic carbocycles. The van der Waals surface area contributed by atoms with Crippen LogP contribution in [-0.2, 0) is 16.0 Å². The predicted octanol–water partition coefficient (Wildman–Crippen LogP) is 2.05. The lowest BCUT2D eigenvalue weighted by Crippen LogP contribution is -2.44. The molecule has 0 aromatic heterocycles. The Kier molecular flexibility index (Phi) is 3.15. The first-order valence-corrected chi connectivity index (χ1v) is 5.96. The number of halogens is 1. The number of anilines is 1. The van der Waals surface area contributed by atoms with E-state index in [0.29, 0.717) is 18.6 Å². The molecule has 1 unspecified atom stereocenters. The highest BCUT2D eigenvalue weighted by Crippen LogP contribution is 2.39. The third-order valence-corrected chi connectivity index (χ3v) is 3.18. The van der Waals surface area contributed by atoms with Crippen molar-refractivity contribution in [3.63, 3.8) is 0 Å². The van der Waals surface area contributed by atoms with Crippen molar-refractivity contribution in [2.24, 2.45) is 0 Å². The fraction of sp³-hybridized carbons (Fsp3) is 0.462. The molecular weight excluding hydrogens is 237 g/mol. The van der Waals surface area contributed by atoms with Gasteiger partial charge in [-0.05, 0) is 19.4 Å². The Morgan fingerprint density at radius 3 is 2.89 bits per heavy atom. The van der Waals surface area contributed by atoms with Gasteiger partial charge in [0.1, 0.15) is 11.6 Å². The third-order valence-electron chi connectivity index (χ3n) is 3.18. The molecule has 1 heterocycles. The van der Waals surface area contributed by atoms with Crippen LogP contribution in [0.4, 0.5) is 10.1 Å². The second kappa shape index (κ2) is 4.48. The summed E-state index contributed by atoms with van der Waals surface area (Å²) in [4.78, 5) is 12.0. The number of hydrogen-bond donors (Lipinski definition) is 1. The minimum absolute atomic E-state index is 0.0631. The first-order chi connectivity index (χ1) is 8.52. The molecule has 1 aromatic carbocycles. The van der Waals surface area contributed by atoms with Crippen molar-refractivity contribution in [1.82, 2.24) is 0 Å². The summed E-state index contributed by atoms with van der Waals surface area (Å²) in [6.07, 6.45) is 0.824. The van der Waals surface area contributed by atoms with Crippen LogP contribution < -0.4 is 10.5 Å². The standard InChI is InChI=1S/C13H16FNO3/c1-3-13(12(16)17-4-2)7-8-5-10(15)9(14)6-11(8)18-13/h5-6H,3-4,7,15H2,1-2H3. The Morgan fingerprint density at radius 1 is 1.56 bits per heavy atom. The summed E-state index contributed by atoms with van der Waals surface area (Å²) >= 11 is 0. The maximum absolute atomic E-state index is 13.4. The average Bonchev–Trinajstić information content (AvgIpc) is 2.69. The Balaban J connectivity index is 2.33. The van der Waals surface area contributed by atoms with E-state index in [1.165, 1.54) is 12.1 Å². The zero-order chi connectivity index (χ0) is 13.3. The minimum Gasteiger partial charge on any atom is -0.475 e. The lowest BCUT2D eigenvalue weighted by atomic mass is 9.94. The molecule has 1 atom stereocenters. The zero-order valence-corrected chi connectivity index (χ0v) is 10.5. The van der Waals surface area contributed by atoms with Crippen LogP contribution >= 0.6 is 0 Å². The van der Waals surface area contributed by atoms with Crippen molar-refractivity contribution in [3.05, 3.63) is 23.5 Å². The van der Waals surface area contributed by atoms with E-state index in [1.54, 1.807) is 6.92 Å². The van der Waals surface area contributed by atoms with E-state index < -0.39 is 17.4 Å². The number of rotatable bonds is 3. The van der Waals surface area contributed by atoms with E-state index in [9.17, 15) is 9.18 Å². The second-order valence-electron chi connectivity index (χ2n) is 4.33. The van der Waals surface area contributed by atoms with Crippen molar-refractivity contribution in [2.45, 2.75) is 32.3 Å². The summed E-state index contributed by atoms with van der Waals surface area (Å²) in [7, 11) is 0. The van der Waals surface area contributed by atoms with Gasteiger partial charge in [-0.3, -0.25) is 0 Å². The molecule has 1 aliphatic rings. The Labute approximate surface area is 105 Å². The van der Waals surface area contributed by atoms with Gasteiger partial charge in [-0.1, -0.05) is 6.92 Å². The first kappa shape index (κ1) is 12.7. The third kappa shape index (κ3) is 1.89. The van der Waals surface area contributed by atoms with Crippen LogP contribution in [-0.4, -0.2) is 18.2 Å². The van der Waals surface area contributed by atoms with Gasteiger partial charge in [0.15, 0.2) is 0 Å². The van der Waals surface area contributed by atoms with Gasteiger partial charge < -0.3 is 15.2 Å². The van der Waals surface area contributed by atoms with Gasteiger partial charge in [-0.25, -0.2) is 9.18 Å². The van der Waals surface area contributed by atoms with Crippen molar-refractivity contribution in [3.8, 4) is 5.75 Å². The molecule has 5 heteroatoms. The average molecular weight is 253 g/mol. The van der Waals surface area contributed by atoms with Gasteiger partial charge in [-0.2, -0.15) is 0 Å². The fourth-order valence-electron chi connectivity index (χ4n) is 2.12. The number of ether oxygens (including phenoxy) is 2. The normalized spacial score (nSPS) is 21.3. The number of nitrogen functional groups attached to an aromatic ring is 1. The predicted molar refractivity (Wildman–Crippen MR) is 64.8 cm³/mol. The molecule has 0 saturated carbocycles. The highest BCUT2D eigenvalue weighted by Gasteiger charge is 2.46. The molecule has 0 fully saturated rings. The molecule has 2 rings (SSSR count). The lowest BCUT2D eigenvalue weighted by molar-refractivity contribution is -0.160. The summed E-state index contributed by atoms with van der Waals surface area (Å²) < 4.78 is 24.0. The molecule has 1 aromatic rings. The monoisotopic (exact) mass is 253 g/mol. The molecule has 0 amide bonds. The van der Waals surface area contributed by atoms with Gasteiger partial charge in [0.25, 0.3) is 0 Å². The summed E-state index contributed by atoms with van der Waals surface area (Å²) in [5, 5.41) is 0. The first-order valence-electron chi connectivity index (χ1n) is 5.96. The zero-order valence-electron chi connectivity index (χ0n) is 10.5. The van der Waals surface area contributed by atoms with Crippen molar-refractivity contribution in [1.29, 1.82) is 0 Å². The molecule has 0 saturated heterocycles. The van der Waals surface area contributed by atoms with Crippen LogP contribution in [0.1, 0.15) is 25.8 Å². The van der Waals surface area contributed by atoms with Crippen LogP contribution in [0.2, 0.25) is 0 Å². The fourth-order valence-corrected chi connectivity index (χ4v) is 2.12. The maximum atomic E-state index is 13.4. The summed E-state index contributed by atoms with van der Waals surface area (Å²) in [5.41, 5.74) is 5.27. The Morgan fingerprint density at radius 2 is 2.28 bits per heavy atom. The van der Waals surface area contributed by atoms with Crippen molar-refractivity contribution < 1.29 is 18.7 Å². The summed E-state index contributed by atoms with van der Waals surface area (Å²) in [6.45, 7) is 3.86. The smallest absolute Gasteiger partial charge is 0.350 e. The number of fused-ring (bicyclic) bond motifs is 1. The topological polar surface area (TPSA) is 61.5 Å². The van der Waals surface area contributed by atoms with Crippen LogP contribution in [0.3, 0.4) is 0 Å². The number of hydrogen-bond acceptors (Lipinski definition) is 4. The second-order valence-corrected chi connectivity index (χ2v) is 4.33. The number of nitrogens with two attached hydrogens (primary N) is 1. The van der Waals surface area contributed by atoms with E-state index in [-0.39, 0.29) is 12.3 Å². The van der Waals surface area contributed by atoms with Gasteiger partial charge >= 0.3 is 5.97 Å². The number of carbonyl (C=O) groups excluding carboxylic acids is 1. The number of carbonyl (C=O) groups is 1. The van der Waals surface area contributed by atoms with E-state index >= 15 is 0 Å². The quantitative estimate of drug-likeness (QED) is 0.661. The number of benzene rings is 1. The molecular formula is C13H16FNO3. The van der Waals surface area contributed by atoms with Crippen molar-refractivity contribution in [2.75, 3.05) is 12.3 Å². The molecule has 0 bridgehead atoms. The molecule has 4 nitrogen and oxygen atoms in total. The van der Waals surface area contributed by atoms with E-state index in [1.807, 2.05) is 6.92 Å². The van der Waals surface area contributed by atoms with E-state index in [0.717, 1.165) is 5.56 Å². The van der Waals surface area contributed by atoms with Crippen LogP contribution in [0.15, 0.2) is 12.1 Å². The van der Waals surface area contributed by atoms with Crippen molar-refractivity contribution >= 4 is 11.7 Å². The van der Waals surface area contributed by atoms with Gasteiger partial charge in [0, 0.05) is 18.1 Å². The molecule has 1 aliphatic heterocycles. The van der Waals surface area contributed by atoms with Gasteiger partial charge in [0.2, 0.25) is 5.60 Å². The highest BCUT2D eigenvalue weighted by molar-refractivity contribution is 5.82. The largest absolute Gasteiger partial charge is 0.475 e. The molecule has 18 heavy (non-hydrogen) atoms. The van der Waals surface area contributed by atoms with Crippen LogP contribution in [0, 0.1) is 5.82 Å². The summed E-state index contributed by atoms with van der Waals surface area (Å²) in [6, 6.07) is 2.74. The number of esters is 1. The minimum atomic E-state index is -1.04. The summed E-state index contributed by atoms with van der Waals surface area (Å²) in [5.74, 6) is -0.580. The van der Waals surface area contributed by atoms with Crippen LogP contribution in [0.25, 0.3) is 0 Å². The Hall–Kier alpha value is -1.78. The maximum Gasteiger partial charge on any atom is 0.350 e. The van der Waals surface area contributed by atoms with E-state index in [2.05, 4.69) is 0 Å². The highest BCUT2D eigenvalue weighted by atomic mass is 19.1. The SMILES string of the molecule is CCOC(=O)C1(CC)Cc2cc(N)c(F)cc2O1. The molecule has 0 radical (unpaired) electrons. The van der Waals surface area contributed by atoms with Crippen LogP contribution in [0.5, 0.6) is 5.75 Å². The van der Waals surface area contributed by atoms with Gasteiger partial charge in [-0.15, -0.1) is 0 Å². The molecule has 0 spiro atoms. The molecule has 98 valence electrons. The van der Waals surface area contributed by atoms with E-state index in [4.69, 9.17) is 15.2 Å².